The van der Waals surface area contributed by atoms with E-state index < -0.39 is 10.0 Å². The number of carbonyl (C=O) groups is 1. The minimum Gasteiger partial charge on any atom is -0.457 e. The van der Waals surface area contributed by atoms with Crippen LogP contribution in [0.25, 0.3) is 43.9 Å². The second-order valence-electron chi connectivity index (χ2n) is 16.3. The smallest absolute Gasteiger partial charge is 0.229 e. The number of nitrogens with zero attached hydrogens (tertiary/aromatic N) is 1. The van der Waals surface area contributed by atoms with Crippen LogP contribution >= 0.6 is 0 Å². The summed E-state index contributed by atoms with van der Waals surface area (Å²) in [5, 5.41) is 6.65. The van der Waals surface area contributed by atoms with Crippen LogP contribution in [0.2, 0.25) is 0 Å². The minimum absolute atomic E-state index is 0.0363. The number of ether oxygens (including phenoxy) is 1. The fourth-order valence-electron chi connectivity index (χ4n) is 8.22. The molecule has 0 unspecified atom stereocenters. The van der Waals surface area contributed by atoms with Gasteiger partial charge in [0.2, 0.25) is 10.0 Å². The molecule has 7 nitrogen and oxygen atoms in total. The number of hydrogen-bond donors (Lipinski definition) is 2. The number of rotatable bonds is 9. The van der Waals surface area contributed by atoms with Gasteiger partial charge in [-0.15, -0.1) is 0 Å². The first-order valence-corrected chi connectivity index (χ1v) is 20.3. The first kappa shape index (κ1) is 36.0. The van der Waals surface area contributed by atoms with E-state index in [4.69, 9.17) is 9.72 Å². The van der Waals surface area contributed by atoms with Crippen molar-refractivity contribution in [3.63, 3.8) is 0 Å². The van der Waals surface area contributed by atoms with Crippen molar-refractivity contribution < 1.29 is 17.9 Å². The molecule has 1 aliphatic rings. The lowest BCUT2D eigenvalue weighted by Gasteiger charge is -2.33. The Morgan fingerprint density at radius 2 is 1.33 bits per heavy atom. The van der Waals surface area contributed by atoms with Crippen molar-refractivity contribution in [2.24, 2.45) is 5.41 Å². The maximum Gasteiger partial charge on any atom is 0.229 e. The molecule has 55 heavy (non-hydrogen) atoms. The highest BCUT2D eigenvalue weighted by molar-refractivity contribution is 7.92. The van der Waals surface area contributed by atoms with Crippen molar-refractivity contribution in [1.82, 2.24) is 4.98 Å². The molecule has 0 spiro atoms. The number of fused-ring (bicyclic) bond motifs is 3. The van der Waals surface area contributed by atoms with Gasteiger partial charge in [0.05, 0.1) is 28.9 Å². The Kier molecular flexibility index (Phi) is 8.77. The van der Waals surface area contributed by atoms with Gasteiger partial charge in [0.15, 0.2) is 5.78 Å². The van der Waals surface area contributed by atoms with E-state index in [1.807, 2.05) is 109 Å². The van der Waals surface area contributed by atoms with Gasteiger partial charge in [-0.2, -0.15) is 0 Å². The molecule has 0 saturated carbocycles. The summed E-state index contributed by atoms with van der Waals surface area (Å²) in [6.45, 7) is 11.3. The lowest BCUT2D eigenvalue weighted by molar-refractivity contribution is 0.104. The summed E-state index contributed by atoms with van der Waals surface area (Å²) in [5.74, 6) is 1.05. The molecule has 1 aliphatic carbocycles. The van der Waals surface area contributed by atoms with Gasteiger partial charge in [0.1, 0.15) is 11.5 Å². The summed E-state index contributed by atoms with van der Waals surface area (Å²) in [5.41, 5.74) is 6.72. The minimum atomic E-state index is -3.67. The Labute approximate surface area is 322 Å². The van der Waals surface area contributed by atoms with Crippen molar-refractivity contribution in [2.75, 3.05) is 16.3 Å². The zero-order valence-electron chi connectivity index (χ0n) is 31.8. The highest BCUT2D eigenvalue weighted by Gasteiger charge is 2.33. The van der Waals surface area contributed by atoms with E-state index in [9.17, 15) is 13.2 Å². The highest BCUT2D eigenvalue weighted by atomic mass is 32.2. The Morgan fingerprint density at radius 1 is 0.691 bits per heavy atom. The topological polar surface area (TPSA) is 97.4 Å². The molecule has 0 fully saturated rings. The first-order valence-electron chi connectivity index (χ1n) is 18.4. The van der Waals surface area contributed by atoms with E-state index in [0.717, 1.165) is 34.7 Å². The Bertz CT molecular complexity index is 2750. The van der Waals surface area contributed by atoms with Gasteiger partial charge in [0, 0.05) is 45.4 Å². The van der Waals surface area contributed by atoms with Crippen LogP contribution in [0.4, 0.5) is 17.1 Å². The van der Waals surface area contributed by atoms with Gasteiger partial charge in [-0.1, -0.05) is 113 Å². The third-order valence-corrected chi connectivity index (χ3v) is 10.7. The van der Waals surface area contributed by atoms with Gasteiger partial charge >= 0.3 is 0 Å². The number of hydrogen-bond acceptors (Lipinski definition) is 6. The van der Waals surface area contributed by atoms with Crippen LogP contribution in [0.5, 0.6) is 11.5 Å². The molecular weight excluding hydrogens is 703 g/mol. The molecule has 1 aromatic heterocycles. The Balaban J connectivity index is 1.39. The zero-order chi connectivity index (χ0) is 38.7. The molecule has 7 aromatic rings. The SMILES string of the molecule is CC(C)(C)CC(C)(C)c1ccc(Oc2cc(Nc3ccccc3)c3c4c(c(-c5cc6ccccc6cc5NS(C)(=O)=O)ncc24)-c2ccccc2C3=O)cc1. The number of anilines is 3. The van der Waals surface area contributed by atoms with Gasteiger partial charge in [-0.05, 0) is 75.5 Å². The van der Waals surface area contributed by atoms with Crippen LogP contribution < -0.4 is 14.8 Å². The number of benzene rings is 6. The molecule has 8 heteroatoms. The summed E-state index contributed by atoms with van der Waals surface area (Å²) >= 11 is 0. The van der Waals surface area contributed by atoms with E-state index in [1.165, 1.54) is 5.56 Å². The van der Waals surface area contributed by atoms with E-state index in [0.29, 0.717) is 61.6 Å². The predicted octanol–water partition coefficient (Wildman–Crippen LogP) is 11.9. The largest absolute Gasteiger partial charge is 0.457 e. The second kappa shape index (κ2) is 13.4. The zero-order valence-corrected chi connectivity index (χ0v) is 32.6. The Morgan fingerprint density at radius 3 is 2.00 bits per heavy atom. The molecule has 2 N–H and O–H groups in total. The van der Waals surface area contributed by atoms with Gasteiger partial charge in [0.25, 0.3) is 0 Å². The molecule has 6 aromatic carbocycles. The number of carbonyl (C=O) groups excluding carboxylic acids is 1. The number of sulfonamides is 1. The first-order chi connectivity index (χ1) is 26.1. The van der Waals surface area contributed by atoms with Crippen molar-refractivity contribution >= 4 is 54.4 Å². The van der Waals surface area contributed by atoms with E-state index in [2.05, 4.69) is 56.8 Å². The van der Waals surface area contributed by atoms with Crippen molar-refractivity contribution in [3.8, 4) is 33.9 Å². The average Bonchev–Trinajstić information content (AvgIpc) is 3.13. The van der Waals surface area contributed by atoms with Crippen LogP contribution in [-0.2, 0) is 15.4 Å². The molecule has 0 amide bonds. The molecule has 276 valence electrons. The molecule has 0 saturated heterocycles. The molecule has 0 atom stereocenters. The van der Waals surface area contributed by atoms with Crippen LogP contribution in [0, 0.1) is 5.41 Å². The summed E-state index contributed by atoms with van der Waals surface area (Å²) < 4.78 is 35.0. The van der Waals surface area contributed by atoms with Crippen LogP contribution in [0.15, 0.2) is 128 Å². The van der Waals surface area contributed by atoms with Gasteiger partial charge in [-0.25, -0.2) is 8.42 Å². The summed E-state index contributed by atoms with van der Waals surface area (Å²) in [6, 6.07) is 39.0. The molecule has 0 aliphatic heterocycles. The maximum atomic E-state index is 14.7. The van der Waals surface area contributed by atoms with E-state index in [-0.39, 0.29) is 16.6 Å². The standard InChI is InChI=1S/C47H43N3O4S/c1-46(2,3)28-47(4,5)31-20-22-33(23-21-31)54-40-26-39(49-32-16-8-7-9-17-32)43-41-37(40)27-48-44(42(41)34-18-12-13-19-35(34)45(43)51)36-24-29-14-10-11-15-30(29)25-38(36)50-55(6,52)53/h7-27,49-50H,28H2,1-6H3. The average molecular weight is 746 g/mol. The Hall–Kier alpha value is -5.99. The molecular formula is C47H43N3O4S. The lowest BCUT2D eigenvalue weighted by Crippen LogP contribution is -2.24. The summed E-state index contributed by atoms with van der Waals surface area (Å²) in [6.07, 6.45) is 3.89. The van der Waals surface area contributed by atoms with Gasteiger partial charge in [-0.3, -0.25) is 14.5 Å². The number of aromatic nitrogens is 1. The summed E-state index contributed by atoms with van der Waals surface area (Å²) in [7, 11) is -3.67. The third-order valence-electron chi connectivity index (χ3n) is 10.1. The molecule has 8 rings (SSSR count). The summed E-state index contributed by atoms with van der Waals surface area (Å²) in [4.78, 5) is 19.8. The quantitative estimate of drug-likeness (QED) is 0.153. The maximum absolute atomic E-state index is 14.7. The number of para-hydroxylation sites is 1. The molecule has 0 bridgehead atoms. The van der Waals surface area contributed by atoms with E-state index >= 15 is 0 Å². The number of ketones is 1. The monoisotopic (exact) mass is 745 g/mol. The second-order valence-corrected chi connectivity index (χ2v) is 18.0. The highest BCUT2D eigenvalue weighted by Crippen LogP contribution is 2.51. The van der Waals surface area contributed by atoms with Crippen LogP contribution in [0.3, 0.4) is 0 Å². The number of nitrogens with one attached hydrogen (secondary N) is 2. The van der Waals surface area contributed by atoms with Crippen molar-refractivity contribution in [1.29, 1.82) is 0 Å². The fourth-order valence-corrected chi connectivity index (χ4v) is 8.79. The third kappa shape index (κ3) is 7.06. The van der Waals surface area contributed by atoms with E-state index in [1.54, 1.807) is 6.20 Å². The predicted molar refractivity (Wildman–Crippen MR) is 225 cm³/mol. The van der Waals surface area contributed by atoms with Crippen LogP contribution in [-0.4, -0.2) is 25.4 Å². The normalized spacial score (nSPS) is 12.8. The van der Waals surface area contributed by atoms with Crippen molar-refractivity contribution in [2.45, 2.75) is 46.5 Å². The van der Waals surface area contributed by atoms with Crippen molar-refractivity contribution in [3.05, 3.63) is 144 Å². The van der Waals surface area contributed by atoms with Crippen LogP contribution in [0.1, 0.15) is 62.5 Å². The molecule has 0 radical (unpaired) electrons. The number of pyridine rings is 1. The lowest BCUT2D eigenvalue weighted by atomic mass is 9.72. The molecule has 1 heterocycles. The van der Waals surface area contributed by atoms with Gasteiger partial charge < -0.3 is 10.1 Å². The fraction of sp³-hybridized carbons (Fsp3) is 0.191.